The van der Waals surface area contributed by atoms with Crippen molar-refractivity contribution in [1.29, 1.82) is 0 Å². The molecule has 3 heterocycles. The summed E-state index contributed by atoms with van der Waals surface area (Å²) in [6.07, 6.45) is 0. The molecule has 1 aliphatic heterocycles. The Bertz CT molecular complexity index is 1960. The molecular weight excluding hydrogens is 770 g/mol. The van der Waals surface area contributed by atoms with Gasteiger partial charge >= 0.3 is 0 Å². The third-order valence-electron chi connectivity index (χ3n) is 6.83. The van der Waals surface area contributed by atoms with Crippen LogP contribution in [0.5, 0.6) is 5.75 Å². The largest absolute Gasteiger partial charge is 0.504 e. The topological polar surface area (TPSA) is 35.0 Å². The molecule has 0 saturated heterocycles. The van der Waals surface area contributed by atoms with Gasteiger partial charge in [-0.1, -0.05) is 48.5 Å². The van der Waals surface area contributed by atoms with Gasteiger partial charge in [0.2, 0.25) is 0 Å². The molecule has 0 atom stereocenters. The van der Waals surface area contributed by atoms with E-state index >= 15 is 0 Å². The van der Waals surface area contributed by atoms with Gasteiger partial charge in [-0.05, 0) is 29.3 Å². The van der Waals surface area contributed by atoms with E-state index in [2.05, 4.69) is 47.4 Å². The molecule has 0 amide bonds. The van der Waals surface area contributed by atoms with Gasteiger partial charge in [0, 0.05) is 64.8 Å². The van der Waals surface area contributed by atoms with Gasteiger partial charge in [-0.15, -0.1) is 42.0 Å². The average molecular weight is 792 g/mol. The minimum absolute atomic E-state index is 0. The van der Waals surface area contributed by atoms with E-state index in [-0.39, 0.29) is 52.8 Å². The minimum Gasteiger partial charge on any atom is -0.504 e. The molecule has 42 heavy (non-hydrogen) atoms. The number of hydrogen-bond donors (Lipinski definition) is 0. The molecule has 0 saturated carbocycles. The zero-order chi connectivity index (χ0) is 26.7. The molecule has 3 nitrogen and oxygen atoms in total. The summed E-state index contributed by atoms with van der Waals surface area (Å²) >= 11 is 0. The molecule has 0 aliphatic carbocycles. The Morgan fingerprint density at radius 2 is 1.31 bits per heavy atom. The van der Waals surface area contributed by atoms with Crippen molar-refractivity contribution >= 4 is 21.8 Å². The van der Waals surface area contributed by atoms with E-state index in [4.69, 9.17) is 9.72 Å². The van der Waals surface area contributed by atoms with Gasteiger partial charge < -0.3 is 28.0 Å². The van der Waals surface area contributed by atoms with Crippen LogP contribution < -0.4 is 4.74 Å². The normalized spacial score (nSPS) is 11.0. The first-order valence-electron chi connectivity index (χ1n) is 13.1. The maximum absolute atomic E-state index is 5.89. The quantitative estimate of drug-likeness (QED) is 0.165. The number of rotatable bonds is 2. The molecule has 0 spiro atoms. The molecule has 5 heteroatoms. The Hall–Kier alpha value is -3.53. The fourth-order valence-electron chi connectivity index (χ4n) is 4.80. The summed E-state index contributed by atoms with van der Waals surface area (Å²) in [7, 11) is 0. The Labute approximate surface area is 284 Å². The molecule has 2 radical (unpaired) electrons. The average Bonchev–Trinajstić information content (AvgIpc) is 3.04. The van der Waals surface area contributed by atoms with Gasteiger partial charge in [-0.2, -0.15) is 23.3 Å². The number of ether oxygens (including phenoxy) is 1. The number of fused-ring (bicyclic) bond motifs is 5. The van der Waals surface area contributed by atoms with Crippen LogP contribution in [0.4, 0.5) is 0 Å². The molecule has 0 unspecified atom stereocenters. The van der Waals surface area contributed by atoms with Gasteiger partial charge in [-0.3, -0.25) is 4.98 Å². The van der Waals surface area contributed by atoms with Crippen molar-refractivity contribution < 1.29 is 57.6 Å². The fraction of sp³-hybridized carbons (Fsp3) is 0.0270. The van der Waals surface area contributed by atoms with Gasteiger partial charge in [-0.25, -0.2) is 23.2 Å². The van der Waals surface area contributed by atoms with Crippen molar-refractivity contribution in [2.45, 2.75) is 6.61 Å². The first-order chi connectivity index (χ1) is 19.8. The number of nitrogens with zero attached hydrogens (tertiary/aromatic N) is 2. The SMILES string of the molecule is [Ir].[Y].[c-]1cc2c([c-]c1-c1[c-]cccc1)-c1nc3ccccc3cc1OC2.[c-]1ccccc1-c1ccc2ccccc2n1. The Morgan fingerprint density at radius 3 is 2.05 bits per heavy atom. The van der Waals surface area contributed by atoms with Crippen LogP contribution >= 0.6 is 0 Å². The van der Waals surface area contributed by atoms with E-state index in [1.54, 1.807) is 0 Å². The molecule has 5 aromatic carbocycles. The molecule has 8 rings (SSSR count). The molecule has 2 aromatic heterocycles. The Morgan fingerprint density at radius 1 is 0.643 bits per heavy atom. The summed E-state index contributed by atoms with van der Waals surface area (Å²) < 4.78 is 5.89. The van der Waals surface area contributed by atoms with Crippen molar-refractivity contribution in [1.82, 2.24) is 9.97 Å². The standard InChI is InChI=1S/C22H12NO.C15H10N.Ir.Y/c1-2-6-15(7-3-1)16-10-11-18-14-24-21-13-17-8-4-5-9-20(17)23-22(21)19(18)12-16;1-2-6-12(7-3-1)15-11-10-13-8-4-5-9-14(13)16-15;;/h1-6,8-9,11,13H,14H2;1-6,8-11H;;/q-3;-1;;. The van der Waals surface area contributed by atoms with Crippen LogP contribution in [-0.4, -0.2) is 9.97 Å². The predicted octanol–water partition coefficient (Wildman–Crippen LogP) is 8.56. The summed E-state index contributed by atoms with van der Waals surface area (Å²) in [5.41, 5.74) is 8.77. The van der Waals surface area contributed by atoms with E-state index in [1.807, 2.05) is 103 Å². The molecular formula is C37H22IrN2OY-4. The monoisotopic (exact) mass is 792 g/mol. The zero-order valence-corrected chi connectivity index (χ0v) is 27.7. The zero-order valence-electron chi connectivity index (χ0n) is 22.5. The van der Waals surface area contributed by atoms with E-state index in [1.165, 1.54) is 5.39 Å². The van der Waals surface area contributed by atoms with Crippen molar-refractivity contribution in [3.63, 3.8) is 0 Å². The van der Waals surface area contributed by atoms with Crippen molar-refractivity contribution in [3.8, 4) is 39.4 Å². The Balaban J connectivity index is 0.000000172. The number of hydrogen-bond acceptors (Lipinski definition) is 3. The third-order valence-corrected chi connectivity index (χ3v) is 6.83. The first kappa shape index (κ1) is 29.9. The first-order valence-corrected chi connectivity index (χ1v) is 13.1. The van der Waals surface area contributed by atoms with Crippen molar-refractivity contribution in [2.75, 3.05) is 0 Å². The number of pyridine rings is 2. The van der Waals surface area contributed by atoms with Crippen LogP contribution in [0.3, 0.4) is 0 Å². The second-order valence-corrected chi connectivity index (χ2v) is 9.45. The summed E-state index contributed by atoms with van der Waals surface area (Å²) in [6.45, 7) is 0.522. The Kier molecular flexibility index (Phi) is 9.72. The van der Waals surface area contributed by atoms with Gasteiger partial charge in [0.1, 0.15) is 5.75 Å². The molecule has 1 aliphatic rings. The van der Waals surface area contributed by atoms with Crippen LogP contribution in [0, 0.1) is 24.3 Å². The van der Waals surface area contributed by atoms with Crippen LogP contribution in [-0.2, 0) is 59.4 Å². The van der Waals surface area contributed by atoms with Crippen LogP contribution in [0.1, 0.15) is 5.56 Å². The summed E-state index contributed by atoms with van der Waals surface area (Å²) in [5, 5.41) is 2.25. The third kappa shape index (κ3) is 6.28. The summed E-state index contributed by atoms with van der Waals surface area (Å²) in [6, 6.07) is 53.3. The second-order valence-electron chi connectivity index (χ2n) is 9.45. The van der Waals surface area contributed by atoms with Crippen molar-refractivity contribution in [2.24, 2.45) is 0 Å². The molecule has 0 fully saturated rings. The number of para-hydroxylation sites is 2. The van der Waals surface area contributed by atoms with Crippen molar-refractivity contribution in [3.05, 3.63) is 151 Å². The molecule has 0 N–H and O–H groups in total. The van der Waals surface area contributed by atoms with Crippen LogP contribution in [0.2, 0.25) is 0 Å². The molecule has 7 aromatic rings. The van der Waals surface area contributed by atoms with E-state index < -0.39 is 0 Å². The predicted molar refractivity (Wildman–Crippen MR) is 159 cm³/mol. The second kappa shape index (κ2) is 13.6. The van der Waals surface area contributed by atoms with E-state index in [0.717, 1.165) is 61.4 Å². The minimum atomic E-state index is 0. The summed E-state index contributed by atoms with van der Waals surface area (Å²) in [4.78, 5) is 9.43. The van der Waals surface area contributed by atoms with Gasteiger partial charge in [0.25, 0.3) is 0 Å². The van der Waals surface area contributed by atoms with Gasteiger partial charge in [0.05, 0.1) is 16.7 Å². The molecule has 202 valence electrons. The maximum Gasteiger partial charge on any atom is 0.141 e. The van der Waals surface area contributed by atoms with E-state index in [9.17, 15) is 0 Å². The fourth-order valence-corrected chi connectivity index (χ4v) is 4.80. The van der Waals surface area contributed by atoms with Gasteiger partial charge in [0.15, 0.2) is 0 Å². The summed E-state index contributed by atoms with van der Waals surface area (Å²) in [5.74, 6) is 0.812. The van der Waals surface area contributed by atoms with E-state index in [0.29, 0.717) is 6.61 Å². The molecule has 0 bridgehead atoms. The van der Waals surface area contributed by atoms with Crippen LogP contribution in [0.15, 0.2) is 121 Å². The number of aromatic nitrogens is 2. The smallest absolute Gasteiger partial charge is 0.141 e. The maximum atomic E-state index is 5.89. The number of benzene rings is 5. The van der Waals surface area contributed by atoms with Crippen LogP contribution in [0.25, 0.3) is 55.4 Å².